The van der Waals surface area contributed by atoms with E-state index in [1.54, 1.807) is 6.07 Å². The lowest BCUT2D eigenvalue weighted by molar-refractivity contribution is -0.127. The molecule has 1 unspecified atom stereocenters. The minimum absolute atomic E-state index is 0.102. The Hall–Kier alpha value is -2.24. The molecule has 136 valence electrons. The van der Waals surface area contributed by atoms with Gasteiger partial charge < -0.3 is 19.7 Å². The largest absolute Gasteiger partial charge is 0.480 e. The lowest BCUT2D eigenvalue weighted by Gasteiger charge is -2.28. The molecule has 0 aromatic heterocycles. The summed E-state index contributed by atoms with van der Waals surface area (Å²) in [7, 11) is 0. The summed E-state index contributed by atoms with van der Waals surface area (Å²) in [5.41, 5.74) is 3.23. The van der Waals surface area contributed by atoms with Crippen LogP contribution in [0.25, 0.3) is 0 Å². The number of hydrogen-bond acceptors (Lipinski definition) is 4. The normalized spacial score (nSPS) is 19.0. The highest BCUT2D eigenvalue weighted by Gasteiger charge is 2.29. The van der Waals surface area contributed by atoms with Gasteiger partial charge in [0.2, 0.25) is 0 Å². The number of ether oxygens (including phenoxy) is 2. The Bertz CT molecular complexity index is 788. The molecular formula is C20H21ClN2O3. The minimum atomic E-state index is -0.490. The molecular weight excluding hydrogens is 352 g/mol. The van der Waals surface area contributed by atoms with Gasteiger partial charge in [0.1, 0.15) is 5.75 Å². The molecule has 2 aliphatic rings. The molecule has 1 fully saturated rings. The second kappa shape index (κ2) is 7.56. The number of benzene rings is 2. The van der Waals surface area contributed by atoms with Crippen LogP contribution in [0.15, 0.2) is 42.5 Å². The van der Waals surface area contributed by atoms with Gasteiger partial charge in [0, 0.05) is 36.8 Å². The first kappa shape index (κ1) is 17.2. The van der Waals surface area contributed by atoms with Gasteiger partial charge in [0.15, 0.2) is 6.10 Å². The second-order valence-corrected chi connectivity index (χ2v) is 6.98. The molecule has 1 N–H and O–H groups in total. The van der Waals surface area contributed by atoms with E-state index in [2.05, 4.69) is 34.5 Å². The molecule has 6 heteroatoms. The maximum Gasteiger partial charge on any atom is 0.261 e. The molecule has 2 heterocycles. The fourth-order valence-corrected chi connectivity index (χ4v) is 3.51. The first-order valence-electron chi connectivity index (χ1n) is 8.83. The summed E-state index contributed by atoms with van der Waals surface area (Å²) in [6.45, 7) is 3.86. The van der Waals surface area contributed by atoms with E-state index in [-0.39, 0.29) is 5.91 Å². The molecule has 5 nitrogen and oxygen atoms in total. The van der Waals surface area contributed by atoms with Crippen LogP contribution in [0.4, 0.5) is 5.69 Å². The average Bonchev–Trinajstić information content (AvgIpc) is 3.10. The number of amides is 1. The number of rotatable bonds is 4. The summed E-state index contributed by atoms with van der Waals surface area (Å²) in [4.78, 5) is 14.7. The summed E-state index contributed by atoms with van der Waals surface area (Å²) >= 11 is 5.99. The SMILES string of the molecule is O=C(NCc1ccc(N2CCOCC2)cc1)C1Cc2cc(Cl)ccc2O1. The maximum absolute atomic E-state index is 12.4. The first-order chi connectivity index (χ1) is 12.7. The fraction of sp³-hybridized carbons (Fsp3) is 0.350. The quantitative estimate of drug-likeness (QED) is 0.896. The van der Waals surface area contributed by atoms with E-state index in [0.717, 1.165) is 43.2 Å². The number of morpholine rings is 1. The summed E-state index contributed by atoms with van der Waals surface area (Å²) < 4.78 is 11.1. The molecule has 4 rings (SSSR count). The predicted octanol–water partition coefficient (Wildman–Crippen LogP) is 2.80. The second-order valence-electron chi connectivity index (χ2n) is 6.55. The van der Waals surface area contributed by atoms with Crippen LogP contribution in [0.3, 0.4) is 0 Å². The molecule has 0 aliphatic carbocycles. The van der Waals surface area contributed by atoms with Gasteiger partial charge in [0.25, 0.3) is 5.91 Å². The van der Waals surface area contributed by atoms with E-state index in [1.807, 2.05) is 12.1 Å². The van der Waals surface area contributed by atoms with Gasteiger partial charge in [-0.1, -0.05) is 23.7 Å². The highest BCUT2D eigenvalue weighted by molar-refractivity contribution is 6.30. The van der Waals surface area contributed by atoms with Crippen molar-refractivity contribution in [2.75, 3.05) is 31.2 Å². The third kappa shape index (κ3) is 3.79. The Kier molecular flexibility index (Phi) is 5.00. The summed E-state index contributed by atoms with van der Waals surface area (Å²) in [5, 5.41) is 3.62. The van der Waals surface area contributed by atoms with Crippen LogP contribution in [-0.2, 0) is 22.5 Å². The summed E-state index contributed by atoms with van der Waals surface area (Å²) in [5.74, 6) is 0.638. The lowest BCUT2D eigenvalue weighted by atomic mass is 10.1. The van der Waals surface area contributed by atoms with Crippen molar-refractivity contribution in [1.82, 2.24) is 5.32 Å². The average molecular weight is 373 g/mol. The Balaban J connectivity index is 1.31. The van der Waals surface area contributed by atoms with Crippen molar-refractivity contribution in [2.24, 2.45) is 0 Å². The molecule has 1 saturated heterocycles. The number of hydrogen-bond donors (Lipinski definition) is 1. The van der Waals surface area contributed by atoms with Crippen LogP contribution in [-0.4, -0.2) is 38.3 Å². The first-order valence-corrected chi connectivity index (χ1v) is 9.21. The van der Waals surface area contributed by atoms with Crippen LogP contribution >= 0.6 is 11.6 Å². The van der Waals surface area contributed by atoms with Gasteiger partial charge in [0.05, 0.1) is 13.2 Å². The van der Waals surface area contributed by atoms with E-state index in [0.29, 0.717) is 18.0 Å². The molecule has 1 amide bonds. The van der Waals surface area contributed by atoms with Crippen LogP contribution in [0.1, 0.15) is 11.1 Å². The van der Waals surface area contributed by atoms with E-state index >= 15 is 0 Å². The molecule has 0 bridgehead atoms. The van der Waals surface area contributed by atoms with Gasteiger partial charge in [-0.05, 0) is 41.5 Å². The standard InChI is InChI=1S/C20H21ClN2O3/c21-16-3-6-18-15(11-16)12-19(26-18)20(24)22-13-14-1-4-17(5-2-14)23-7-9-25-10-8-23/h1-6,11,19H,7-10,12-13H2,(H,22,24). The third-order valence-corrected chi connectivity index (χ3v) is 5.00. The summed E-state index contributed by atoms with van der Waals surface area (Å²) in [6, 6.07) is 13.7. The molecule has 0 spiro atoms. The smallest absolute Gasteiger partial charge is 0.261 e. The zero-order valence-corrected chi connectivity index (χ0v) is 15.2. The van der Waals surface area contributed by atoms with Crippen molar-refractivity contribution in [1.29, 1.82) is 0 Å². The van der Waals surface area contributed by atoms with E-state index < -0.39 is 6.10 Å². The van der Waals surface area contributed by atoms with Crippen molar-refractivity contribution in [3.05, 3.63) is 58.6 Å². The van der Waals surface area contributed by atoms with E-state index in [1.165, 1.54) is 5.69 Å². The number of nitrogens with zero attached hydrogens (tertiary/aromatic N) is 1. The highest BCUT2D eigenvalue weighted by atomic mass is 35.5. The number of nitrogens with one attached hydrogen (secondary N) is 1. The third-order valence-electron chi connectivity index (χ3n) is 4.77. The number of halogens is 1. The summed E-state index contributed by atoms with van der Waals surface area (Å²) in [6.07, 6.45) is 0.0635. The van der Waals surface area contributed by atoms with Crippen LogP contribution in [0.2, 0.25) is 5.02 Å². The van der Waals surface area contributed by atoms with Gasteiger partial charge >= 0.3 is 0 Å². The highest BCUT2D eigenvalue weighted by Crippen LogP contribution is 2.31. The van der Waals surface area contributed by atoms with Gasteiger partial charge in [-0.15, -0.1) is 0 Å². The number of carbonyl (C=O) groups is 1. The Morgan fingerprint density at radius 1 is 1.15 bits per heavy atom. The molecule has 0 radical (unpaired) electrons. The fourth-order valence-electron chi connectivity index (χ4n) is 3.31. The maximum atomic E-state index is 12.4. The molecule has 2 aliphatic heterocycles. The molecule has 2 aromatic rings. The van der Waals surface area contributed by atoms with Gasteiger partial charge in [-0.3, -0.25) is 4.79 Å². The van der Waals surface area contributed by atoms with Crippen molar-refractivity contribution in [3.63, 3.8) is 0 Å². The van der Waals surface area contributed by atoms with Gasteiger partial charge in [-0.2, -0.15) is 0 Å². The van der Waals surface area contributed by atoms with Gasteiger partial charge in [-0.25, -0.2) is 0 Å². The molecule has 1 atom stereocenters. The van der Waals surface area contributed by atoms with Crippen molar-refractivity contribution in [2.45, 2.75) is 19.1 Å². The van der Waals surface area contributed by atoms with Crippen molar-refractivity contribution in [3.8, 4) is 5.75 Å². The Morgan fingerprint density at radius 2 is 1.92 bits per heavy atom. The van der Waals surface area contributed by atoms with E-state index in [9.17, 15) is 4.79 Å². The number of carbonyl (C=O) groups excluding carboxylic acids is 1. The predicted molar refractivity (Wildman–Crippen MR) is 101 cm³/mol. The minimum Gasteiger partial charge on any atom is -0.480 e. The number of anilines is 1. The number of fused-ring (bicyclic) bond motifs is 1. The van der Waals surface area contributed by atoms with Crippen LogP contribution in [0, 0.1) is 0 Å². The topological polar surface area (TPSA) is 50.8 Å². The zero-order chi connectivity index (χ0) is 17.9. The Labute approximate surface area is 157 Å². The zero-order valence-electron chi connectivity index (χ0n) is 14.4. The van der Waals surface area contributed by atoms with Crippen molar-refractivity contribution < 1.29 is 14.3 Å². The molecule has 26 heavy (non-hydrogen) atoms. The van der Waals surface area contributed by atoms with Crippen LogP contribution in [0.5, 0.6) is 5.75 Å². The van der Waals surface area contributed by atoms with E-state index in [4.69, 9.17) is 21.1 Å². The van der Waals surface area contributed by atoms with Crippen molar-refractivity contribution >= 4 is 23.2 Å². The van der Waals surface area contributed by atoms with Crippen LogP contribution < -0.4 is 15.0 Å². The monoisotopic (exact) mass is 372 g/mol. The lowest BCUT2D eigenvalue weighted by Crippen LogP contribution is -2.37. The Morgan fingerprint density at radius 3 is 2.69 bits per heavy atom. The molecule has 2 aromatic carbocycles. The molecule has 0 saturated carbocycles.